The average molecular weight is 499 g/mol. The zero-order valence-corrected chi connectivity index (χ0v) is 24.1. The number of aliphatic carboxylic acids is 1. The number of esters is 1. The summed E-state index contributed by atoms with van der Waals surface area (Å²) in [6.07, 6.45) is 23.7. The number of rotatable bonds is 25. The summed E-state index contributed by atoms with van der Waals surface area (Å²) in [5, 5.41) is 9.08. The molecule has 2 atom stereocenters. The molecule has 0 fully saturated rings. The van der Waals surface area contributed by atoms with E-state index >= 15 is 0 Å². The number of likely N-dealkylation sites (N-methyl/N-ethyl adjacent to an activating group) is 1. The molecule has 0 aliphatic carbocycles. The molecule has 35 heavy (non-hydrogen) atoms. The maximum atomic E-state index is 12.2. The molecule has 0 saturated heterocycles. The first kappa shape index (κ1) is 33.9. The van der Waals surface area contributed by atoms with Gasteiger partial charge in [-0.2, -0.15) is 0 Å². The van der Waals surface area contributed by atoms with Crippen molar-refractivity contribution in [1.29, 1.82) is 0 Å². The van der Waals surface area contributed by atoms with E-state index in [-0.39, 0.29) is 12.4 Å². The van der Waals surface area contributed by atoms with Crippen molar-refractivity contribution in [1.82, 2.24) is 0 Å². The second kappa shape index (κ2) is 22.1. The lowest BCUT2D eigenvalue weighted by Crippen LogP contribution is -2.43. The Kier molecular flexibility index (Phi) is 21.4. The summed E-state index contributed by atoms with van der Waals surface area (Å²) in [7, 11) is 5.92. The highest BCUT2D eigenvalue weighted by Crippen LogP contribution is 2.18. The standard InChI is InChI=1S/C30H59NO4/c1-6-7-8-9-10-11-12-13-14-15-16-17-18-19-20-22-27(2)23-21-24-30(34)35-28(25-29(32)33)26-31(3,4)5/h27-28H,6-26H2,1-5H3/p+1. The third-order valence-corrected chi connectivity index (χ3v) is 6.83. The zero-order valence-electron chi connectivity index (χ0n) is 24.1. The van der Waals surface area contributed by atoms with Crippen LogP contribution in [0.2, 0.25) is 0 Å². The van der Waals surface area contributed by atoms with Crippen LogP contribution >= 0.6 is 0 Å². The van der Waals surface area contributed by atoms with Gasteiger partial charge in [-0.05, 0) is 12.3 Å². The molecule has 0 rings (SSSR count). The number of nitrogens with zero attached hydrogens (tertiary/aromatic N) is 1. The van der Waals surface area contributed by atoms with Crippen LogP contribution in [0.1, 0.15) is 142 Å². The second-order valence-corrected chi connectivity index (χ2v) is 11.9. The maximum absolute atomic E-state index is 12.2. The number of hydrogen-bond acceptors (Lipinski definition) is 3. The highest BCUT2D eigenvalue weighted by atomic mass is 16.5. The largest absolute Gasteiger partial charge is 0.481 e. The molecule has 0 bridgehead atoms. The molecule has 0 aliphatic heterocycles. The quantitative estimate of drug-likeness (QED) is 0.0783. The van der Waals surface area contributed by atoms with Crippen LogP contribution in [0, 0.1) is 5.92 Å². The molecule has 0 aliphatic rings. The lowest BCUT2D eigenvalue weighted by atomic mass is 9.96. The first-order valence-corrected chi connectivity index (χ1v) is 14.9. The summed E-state index contributed by atoms with van der Waals surface area (Å²) in [5.74, 6) is -0.553. The number of quaternary nitrogens is 1. The molecule has 0 aromatic carbocycles. The Bertz CT molecular complexity index is 515. The van der Waals surface area contributed by atoms with E-state index in [1.54, 1.807) is 0 Å². The van der Waals surface area contributed by atoms with E-state index in [0.29, 0.717) is 23.4 Å². The van der Waals surface area contributed by atoms with Crippen LogP contribution in [0.4, 0.5) is 0 Å². The molecule has 5 nitrogen and oxygen atoms in total. The van der Waals surface area contributed by atoms with Crippen molar-refractivity contribution in [2.24, 2.45) is 5.92 Å². The smallest absolute Gasteiger partial charge is 0.307 e. The molecule has 0 aromatic heterocycles. The Labute approximate surface area is 218 Å². The number of hydrogen-bond donors (Lipinski definition) is 1. The molecular formula is C30H60NO4+. The summed E-state index contributed by atoms with van der Waals surface area (Å²) in [4.78, 5) is 23.3. The fraction of sp³-hybridized carbons (Fsp3) is 0.933. The van der Waals surface area contributed by atoms with Gasteiger partial charge in [0.15, 0.2) is 6.10 Å². The molecule has 5 heteroatoms. The topological polar surface area (TPSA) is 63.6 Å². The van der Waals surface area contributed by atoms with Crippen molar-refractivity contribution in [2.75, 3.05) is 27.7 Å². The third-order valence-electron chi connectivity index (χ3n) is 6.83. The molecular weight excluding hydrogens is 438 g/mol. The molecule has 2 unspecified atom stereocenters. The molecule has 0 radical (unpaired) electrons. The van der Waals surface area contributed by atoms with E-state index in [4.69, 9.17) is 9.84 Å². The predicted octanol–water partition coefficient (Wildman–Crippen LogP) is 8.15. The van der Waals surface area contributed by atoms with Gasteiger partial charge in [-0.3, -0.25) is 9.59 Å². The Morgan fingerprint density at radius 3 is 1.57 bits per heavy atom. The Morgan fingerprint density at radius 1 is 0.714 bits per heavy atom. The first-order chi connectivity index (χ1) is 16.6. The molecule has 0 aromatic rings. The highest BCUT2D eigenvalue weighted by Gasteiger charge is 2.24. The van der Waals surface area contributed by atoms with E-state index < -0.39 is 12.1 Å². The number of carbonyl (C=O) groups excluding carboxylic acids is 1. The predicted molar refractivity (Wildman–Crippen MR) is 148 cm³/mol. The Balaban J connectivity index is 3.60. The van der Waals surface area contributed by atoms with Gasteiger partial charge in [0.2, 0.25) is 0 Å². The molecule has 0 spiro atoms. The number of unbranched alkanes of at least 4 members (excludes halogenated alkanes) is 14. The van der Waals surface area contributed by atoms with Crippen molar-refractivity contribution in [3.05, 3.63) is 0 Å². The van der Waals surface area contributed by atoms with Gasteiger partial charge < -0.3 is 14.3 Å². The minimum Gasteiger partial charge on any atom is -0.481 e. The van der Waals surface area contributed by atoms with Crippen LogP contribution in [-0.4, -0.2) is 55.3 Å². The minimum absolute atomic E-state index is 0.128. The SMILES string of the molecule is CCCCCCCCCCCCCCCCCC(C)CCCC(=O)OC(CC(=O)O)C[N+](C)(C)C. The van der Waals surface area contributed by atoms with E-state index in [0.717, 1.165) is 12.8 Å². The molecule has 0 amide bonds. The van der Waals surface area contributed by atoms with Crippen LogP contribution in [0.15, 0.2) is 0 Å². The Hall–Kier alpha value is -1.10. The monoisotopic (exact) mass is 498 g/mol. The normalized spacial score (nSPS) is 13.5. The first-order valence-electron chi connectivity index (χ1n) is 14.9. The van der Waals surface area contributed by atoms with Crippen LogP contribution < -0.4 is 0 Å². The number of carbonyl (C=O) groups is 2. The van der Waals surface area contributed by atoms with Crippen LogP contribution in [0.5, 0.6) is 0 Å². The molecule has 0 heterocycles. The van der Waals surface area contributed by atoms with Crippen molar-refractivity contribution in [3.63, 3.8) is 0 Å². The van der Waals surface area contributed by atoms with Gasteiger partial charge in [-0.25, -0.2) is 0 Å². The summed E-state index contributed by atoms with van der Waals surface area (Å²) in [6, 6.07) is 0. The van der Waals surface area contributed by atoms with Crippen molar-refractivity contribution >= 4 is 11.9 Å². The molecule has 208 valence electrons. The molecule has 1 N–H and O–H groups in total. The third kappa shape index (κ3) is 25.8. The number of carboxylic acids is 1. The van der Waals surface area contributed by atoms with E-state index in [1.807, 2.05) is 21.1 Å². The highest BCUT2D eigenvalue weighted by molar-refractivity contribution is 5.71. The fourth-order valence-corrected chi connectivity index (χ4v) is 4.80. The van der Waals surface area contributed by atoms with Gasteiger partial charge in [0, 0.05) is 6.42 Å². The average Bonchev–Trinajstić information content (AvgIpc) is 2.74. The van der Waals surface area contributed by atoms with Crippen molar-refractivity contribution in [2.45, 2.75) is 148 Å². The van der Waals surface area contributed by atoms with Gasteiger partial charge in [-0.1, -0.05) is 123 Å². The fourth-order valence-electron chi connectivity index (χ4n) is 4.80. The lowest BCUT2D eigenvalue weighted by molar-refractivity contribution is -0.873. The van der Waals surface area contributed by atoms with Crippen LogP contribution in [0.3, 0.4) is 0 Å². The van der Waals surface area contributed by atoms with Crippen LogP contribution in [-0.2, 0) is 14.3 Å². The minimum atomic E-state index is -0.923. The van der Waals surface area contributed by atoms with Gasteiger partial charge in [0.1, 0.15) is 6.54 Å². The van der Waals surface area contributed by atoms with Crippen molar-refractivity contribution in [3.8, 4) is 0 Å². The van der Waals surface area contributed by atoms with E-state index in [9.17, 15) is 9.59 Å². The van der Waals surface area contributed by atoms with Gasteiger partial charge in [0.05, 0.1) is 27.6 Å². The summed E-state index contributed by atoms with van der Waals surface area (Å²) in [6.45, 7) is 5.06. The molecule has 0 saturated carbocycles. The zero-order chi connectivity index (χ0) is 26.4. The number of carboxylic acid groups (broad SMARTS) is 1. The maximum Gasteiger partial charge on any atom is 0.307 e. The lowest BCUT2D eigenvalue weighted by Gasteiger charge is -2.28. The van der Waals surface area contributed by atoms with Gasteiger partial charge >= 0.3 is 11.9 Å². The summed E-state index contributed by atoms with van der Waals surface area (Å²) < 4.78 is 6.05. The van der Waals surface area contributed by atoms with Crippen molar-refractivity contribution < 1.29 is 23.9 Å². The number of ether oxygens (including phenoxy) is 1. The van der Waals surface area contributed by atoms with Crippen LogP contribution in [0.25, 0.3) is 0 Å². The Morgan fingerprint density at radius 2 is 1.14 bits per heavy atom. The summed E-state index contributed by atoms with van der Waals surface area (Å²) >= 11 is 0. The summed E-state index contributed by atoms with van der Waals surface area (Å²) in [5.41, 5.74) is 0. The second-order valence-electron chi connectivity index (χ2n) is 11.9. The van der Waals surface area contributed by atoms with Gasteiger partial charge in [0.25, 0.3) is 0 Å². The van der Waals surface area contributed by atoms with Gasteiger partial charge in [-0.15, -0.1) is 0 Å². The van der Waals surface area contributed by atoms with E-state index in [1.165, 1.54) is 103 Å². The van der Waals surface area contributed by atoms with E-state index in [2.05, 4.69) is 13.8 Å².